The summed E-state index contributed by atoms with van der Waals surface area (Å²) in [6.45, 7) is 0. The summed E-state index contributed by atoms with van der Waals surface area (Å²) >= 11 is 12.1. The van der Waals surface area contributed by atoms with Crippen LogP contribution >= 0.6 is 23.2 Å². The summed E-state index contributed by atoms with van der Waals surface area (Å²) in [4.78, 5) is 38.9. The Bertz CT molecular complexity index is 1230. The van der Waals surface area contributed by atoms with Crippen LogP contribution < -0.4 is 15.5 Å². The lowest BCUT2D eigenvalue weighted by Crippen LogP contribution is -2.32. The molecule has 3 amide bonds. The van der Waals surface area contributed by atoms with Crippen LogP contribution in [0.15, 0.2) is 89.6 Å². The number of rotatable bonds is 5. The summed E-state index contributed by atoms with van der Waals surface area (Å²) in [7, 11) is 0. The van der Waals surface area contributed by atoms with Gasteiger partial charge in [-0.05, 0) is 48.5 Å². The Morgan fingerprint density at radius 2 is 1.48 bits per heavy atom. The number of para-hydroxylation sites is 1. The van der Waals surface area contributed by atoms with E-state index in [0.29, 0.717) is 27.6 Å². The van der Waals surface area contributed by atoms with Crippen molar-refractivity contribution in [3.8, 4) is 0 Å². The van der Waals surface area contributed by atoms with Crippen LogP contribution in [-0.2, 0) is 9.59 Å². The van der Waals surface area contributed by atoms with Crippen molar-refractivity contribution in [2.24, 2.45) is 0 Å². The van der Waals surface area contributed by atoms with E-state index in [0.717, 1.165) is 4.90 Å². The zero-order valence-corrected chi connectivity index (χ0v) is 17.4. The molecule has 0 aromatic heterocycles. The second-order valence-electron chi connectivity index (χ2n) is 6.64. The zero-order valence-electron chi connectivity index (χ0n) is 15.9. The molecule has 0 saturated heterocycles. The molecule has 0 radical (unpaired) electrons. The third-order valence-electron chi connectivity index (χ3n) is 4.52. The lowest BCUT2D eigenvalue weighted by atomic mass is 10.1. The van der Waals surface area contributed by atoms with E-state index in [1.54, 1.807) is 78.9 Å². The second kappa shape index (κ2) is 8.63. The summed E-state index contributed by atoms with van der Waals surface area (Å²) in [5.74, 6) is -1.55. The summed E-state index contributed by atoms with van der Waals surface area (Å²) in [5.41, 5.74) is 1.70. The lowest BCUT2D eigenvalue weighted by molar-refractivity contribution is -0.120. The van der Waals surface area contributed by atoms with Crippen molar-refractivity contribution in [1.29, 1.82) is 0 Å². The van der Waals surface area contributed by atoms with E-state index in [2.05, 4.69) is 10.6 Å². The Labute approximate surface area is 188 Å². The van der Waals surface area contributed by atoms with Crippen LogP contribution in [0.25, 0.3) is 0 Å². The Kier molecular flexibility index (Phi) is 5.75. The number of nitrogens with one attached hydrogen (secondary N) is 2. The molecule has 31 heavy (non-hydrogen) atoms. The summed E-state index contributed by atoms with van der Waals surface area (Å²) < 4.78 is 0. The summed E-state index contributed by atoms with van der Waals surface area (Å²) in [6, 6.07) is 21.8. The van der Waals surface area contributed by atoms with Gasteiger partial charge in [-0.25, -0.2) is 4.90 Å². The monoisotopic (exact) mass is 451 g/mol. The molecule has 6 nitrogen and oxygen atoms in total. The van der Waals surface area contributed by atoms with Crippen molar-refractivity contribution in [2.75, 3.05) is 15.5 Å². The quantitative estimate of drug-likeness (QED) is 0.533. The van der Waals surface area contributed by atoms with E-state index in [1.807, 2.05) is 0 Å². The van der Waals surface area contributed by atoms with E-state index >= 15 is 0 Å². The molecular weight excluding hydrogens is 437 g/mol. The fraction of sp³-hybridized carbons (Fsp3) is 0. The van der Waals surface area contributed by atoms with Gasteiger partial charge in [0.25, 0.3) is 17.7 Å². The van der Waals surface area contributed by atoms with Gasteiger partial charge in [0.1, 0.15) is 10.7 Å². The number of hydrogen-bond donors (Lipinski definition) is 2. The summed E-state index contributed by atoms with van der Waals surface area (Å²) in [6.07, 6.45) is 0. The molecule has 154 valence electrons. The smallest absolute Gasteiger partial charge is 0.283 e. The standard InChI is InChI=1S/C23H15Cl2N3O3/c24-15-7-5-9-17(13-15)27-21(29)14-6-4-8-16(12-14)26-20-19(25)22(30)28(23(20)31)18-10-2-1-3-11-18/h1-13,26H,(H,27,29). The number of carbonyl (C=O) groups excluding carboxylic acids is 3. The van der Waals surface area contributed by atoms with Crippen LogP contribution in [0.5, 0.6) is 0 Å². The highest BCUT2D eigenvalue weighted by molar-refractivity contribution is 6.53. The number of imide groups is 1. The molecule has 0 saturated carbocycles. The Balaban J connectivity index is 1.54. The normalized spacial score (nSPS) is 13.5. The molecule has 2 N–H and O–H groups in total. The minimum atomic E-state index is -0.616. The van der Waals surface area contributed by atoms with Crippen LogP contribution in [0, 0.1) is 0 Å². The SMILES string of the molecule is O=C(Nc1cccc(Cl)c1)c1cccc(NC2=C(Cl)C(=O)N(c3ccccc3)C2=O)c1. The first kappa shape index (κ1) is 20.7. The predicted octanol–water partition coefficient (Wildman–Crippen LogP) is 5.03. The minimum Gasteiger partial charge on any atom is -0.350 e. The maximum Gasteiger partial charge on any atom is 0.283 e. The fourth-order valence-corrected chi connectivity index (χ4v) is 3.48. The Hall–Kier alpha value is -3.61. The van der Waals surface area contributed by atoms with Crippen LogP contribution in [0.3, 0.4) is 0 Å². The lowest BCUT2D eigenvalue weighted by Gasteiger charge is -2.15. The molecule has 8 heteroatoms. The Morgan fingerprint density at radius 1 is 0.774 bits per heavy atom. The van der Waals surface area contributed by atoms with E-state index in [4.69, 9.17) is 23.2 Å². The van der Waals surface area contributed by atoms with Crippen molar-refractivity contribution in [1.82, 2.24) is 0 Å². The molecule has 4 rings (SSSR count). The van der Waals surface area contributed by atoms with Gasteiger partial charge in [-0.2, -0.15) is 0 Å². The predicted molar refractivity (Wildman–Crippen MR) is 121 cm³/mol. The molecule has 3 aromatic carbocycles. The number of carbonyl (C=O) groups is 3. The van der Waals surface area contributed by atoms with Crippen molar-refractivity contribution in [3.63, 3.8) is 0 Å². The third-order valence-corrected chi connectivity index (χ3v) is 5.10. The molecule has 1 aliphatic rings. The van der Waals surface area contributed by atoms with E-state index in [1.165, 1.54) is 0 Å². The average molecular weight is 452 g/mol. The maximum absolute atomic E-state index is 12.8. The average Bonchev–Trinajstić information content (AvgIpc) is 2.98. The number of anilines is 3. The summed E-state index contributed by atoms with van der Waals surface area (Å²) in [5, 5.41) is 5.91. The van der Waals surface area contributed by atoms with Gasteiger partial charge >= 0.3 is 0 Å². The van der Waals surface area contributed by atoms with Gasteiger partial charge in [0.2, 0.25) is 0 Å². The first-order valence-corrected chi connectivity index (χ1v) is 9.97. The van der Waals surface area contributed by atoms with Gasteiger partial charge in [0, 0.05) is 22.0 Å². The largest absolute Gasteiger partial charge is 0.350 e. The number of hydrogen-bond acceptors (Lipinski definition) is 4. The highest BCUT2D eigenvalue weighted by Gasteiger charge is 2.38. The van der Waals surface area contributed by atoms with Crippen molar-refractivity contribution in [3.05, 3.63) is 100 Å². The molecule has 0 atom stereocenters. The van der Waals surface area contributed by atoms with Crippen LogP contribution in [0.1, 0.15) is 10.4 Å². The molecule has 1 heterocycles. The maximum atomic E-state index is 12.8. The molecule has 0 bridgehead atoms. The van der Waals surface area contributed by atoms with Gasteiger partial charge in [0.15, 0.2) is 0 Å². The first-order valence-electron chi connectivity index (χ1n) is 9.21. The molecular formula is C23H15Cl2N3O3. The van der Waals surface area contributed by atoms with Crippen molar-refractivity contribution >= 4 is 58.0 Å². The molecule has 0 spiro atoms. The van der Waals surface area contributed by atoms with E-state index in [-0.39, 0.29) is 16.6 Å². The van der Waals surface area contributed by atoms with Gasteiger partial charge in [0.05, 0.1) is 5.69 Å². The zero-order chi connectivity index (χ0) is 22.0. The van der Waals surface area contributed by atoms with Gasteiger partial charge in [-0.3, -0.25) is 14.4 Å². The number of amides is 3. The second-order valence-corrected chi connectivity index (χ2v) is 7.45. The highest BCUT2D eigenvalue weighted by Crippen LogP contribution is 2.30. The molecule has 0 fully saturated rings. The number of benzene rings is 3. The Morgan fingerprint density at radius 3 is 2.23 bits per heavy atom. The van der Waals surface area contributed by atoms with E-state index < -0.39 is 11.8 Å². The minimum absolute atomic E-state index is 0.0529. The molecule has 0 aliphatic carbocycles. The van der Waals surface area contributed by atoms with Crippen LogP contribution in [0.2, 0.25) is 5.02 Å². The topological polar surface area (TPSA) is 78.5 Å². The first-order chi connectivity index (χ1) is 14.9. The van der Waals surface area contributed by atoms with Crippen molar-refractivity contribution in [2.45, 2.75) is 0 Å². The fourth-order valence-electron chi connectivity index (χ4n) is 3.07. The van der Waals surface area contributed by atoms with Gasteiger partial charge < -0.3 is 10.6 Å². The number of nitrogens with zero attached hydrogens (tertiary/aromatic N) is 1. The van der Waals surface area contributed by atoms with Crippen LogP contribution in [0.4, 0.5) is 17.1 Å². The van der Waals surface area contributed by atoms with Gasteiger partial charge in [-0.1, -0.05) is 53.5 Å². The molecule has 0 unspecified atom stereocenters. The van der Waals surface area contributed by atoms with Gasteiger partial charge in [-0.15, -0.1) is 0 Å². The number of halogens is 2. The van der Waals surface area contributed by atoms with Crippen molar-refractivity contribution < 1.29 is 14.4 Å². The molecule has 3 aromatic rings. The third kappa shape index (κ3) is 4.30. The molecule has 1 aliphatic heterocycles. The van der Waals surface area contributed by atoms with E-state index in [9.17, 15) is 14.4 Å². The van der Waals surface area contributed by atoms with Crippen LogP contribution in [-0.4, -0.2) is 17.7 Å². The highest BCUT2D eigenvalue weighted by atomic mass is 35.5.